The van der Waals surface area contributed by atoms with E-state index in [4.69, 9.17) is 0 Å². The molecular weight excluding hydrogens is 209 g/mol. The van der Waals surface area contributed by atoms with Crippen LogP contribution in [0.3, 0.4) is 0 Å². The smallest absolute Gasteiger partial charge is 0.254 e. The van der Waals surface area contributed by atoms with Gasteiger partial charge in [0, 0.05) is 0 Å². The third-order valence-corrected chi connectivity index (χ3v) is 3.11. The molecule has 2 N–H and O–H groups in total. The minimum absolute atomic E-state index is 0.0298. The van der Waals surface area contributed by atoms with Gasteiger partial charge in [-0.15, -0.1) is 0 Å². The van der Waals surface area contributed by atoms with Crippen LogP contribution in [0.2, 0.25) is 0 Å². The fourth-order valence-corrected chi connectivity index (χ4v) is 1.88. The Morgan fingerprint density at radius 2 is 2.12 bits per heavy atom. The summed E-state index contributed by atoms with van der Waals surface area (Å²) in [4.78, 5) is 11.8. The third-order valence-electron chi connectivity index (χ3n) is 3.11. The topological polar surface area (TPSA) is 49.3 Å². The molecule has 1 aliphatic carbocycles. The zero-order valence-electron chi connectivity index (χ0n) is 8.87. The van der Waals surface area contributed by atoms with Crippen LogP contribution in [0, 0.1) is 5.82 Å². The van der Waals surface area contributed by atoms with Gasteiger partial charge in [0.25, 0.3) is 5.91 Å². The maximum atomic E-state index is 13.3. The number of nitrogens with one attached hydrogen (secondary N) is 1. The molecule has 0 bridgehead atoms. The van der Waals surface area contributed by atoms with E-state index in [1.165, 1.54) is 18.2 Å². The summed E-state index contributed by atoms with van der Waals surface area (Å²) in [7, 11) is 0. The summed E-state index contributed by atoms with van der Waals surface area (Å²) in [6.07, 6.45) is 2.49. The van der Waals surface area contributed by atoms with Crippen LogP contribution in [0.4, 0.5) is 4.39 Å². The summed E-state index contributed by atoms with van der Waals surface area (Å²) >= 11 is 0. The lowest BCUT2D eigenvalue weighted by Crippen LogP contribution is -2.56. The number of hydrogen-bond acceptors (Lipinski definition) is 2. The lowest BCUT2D eigenvalue weighted by Gasteiger charge is -2.40. The van der Waals surface area contributed by atoms with Crippen LogP contribution < -0.4 is 5.32 Å². The van der Waals surface area contributed by atoms with Gasteiger partial charge in [-0.25, -0.2) is 4.39 Å². The summed E-state index contributed by atoms with van der Waals surface area (Å²) in [6.45, 7) is -0.0901. The minimum atomic E-state index is -0.535. The highest BCUT2D eigenvalue weighted by Gasteiger charge is 2.38. The predicted octanol–water partition coefficient (Wildman–Crippen LogP) is 1.47. The van der Waals surface area contributed by atoms with E-state index >= 15 is 0 Å². The second-order valence-corrected chi connectivity index (χ2v) is 4.23. The van der Waals surface area contributed by atoms with E-state index in [1.807, 2.05) is 0 Å². The lowest BCUT2D eigenvalue weighted by molar-refractivity contribution is 0.0638. The molecule has 0 aliphatic heterocycles. The van der Waals surface area contributed by atoms with Crippen LogP contribution in [0.15, 0.2) is 24.3 Å². The van der Waals surface area contributed by atoms with Crippen molar-refractivity contribution in [3.63, 3.8) is 0 Å². The Bertz CT molecular complexity index is 396. The van der Waals surface area contributed by atoms with Crippen LogP contribution in [0.25, 0.3) is 0 Å². The van der Waals surface area contributed by atoms with Crippen molar-refractivity contribution in [3.8, 4) is 0 Å². The molecule has 16 heavy (non-hydrogen) atoms. The Morgan fingerprint density at radius 3 is 2.62 bits per heavy atom. The maximum absolute atomic E-state index is 13.3. The van der Waals surface area contributed by atoms with Crippen LogP contribution in [0.5, 0.6) is 0 Å². The Labute approximate surface area is 93.3 Å². The normalized spacial score (nSPS) is 17.6. The average Bonchev–Trinajstić information content (AvgIpc) is 2.24. The molecule has 1 amide bonds. The van der Waals surface area contributed by atoms with Crippen molar-refractivity contribution in [2.24, 2.45) is 0 Å². The summed E-state index contributed by atoms with van der Waals surface area (Å²) in [6, 6.07) is 5.84. The Balaban J connectivity index is 2.11. The molecule has 0 unspecified atom stereocenters. The molecule has 1 saturated carbocycles. The zero-order chi connectivity index (χ0) is 11.6. The van der Waals surface area contributed by atoms with Gasteiger partial charge in [0.1, 0.15) is 5.82 Å². The number of hydrogen-bond donors (Lipinski definition) is 2. The Hall–Kier alpha value is -1.42. The van der Waals surface area contributed by atoms with Crippen LogP contribution >= 0.6 is 0 Å². The number of rotatable bonds is 3. The van der Waals surface area contributed by atoms with E-state index < -0.39 is 17.3 Å². The molecule has 2 rings (SSSR count). The van der Waals surface area contributed by atoms with Gasteiger partial charge in [-0.2, -0.15) is 0 Å². The molecule has 0 saturated heterocycles. The highest BCUT2D eigenvalue weighted by Crippen LogP contribution is 2.31. The van der Waals surface area contributed by atoms with Crippen LogP contribution in [0.1, 0.15) is 29.6 Å². The summed E-state index contributed by atoms with van der Waals surface area (Å²) in [5.74, 6) is -0.987. The second-order valence-electron chi connectivity index (χ2n) is 4.23. The van der Waals surface area contributed by atoms with Crippen molar-refractivity contribution in [3.05, 3.63) is 35.6 Å². The third kappa shape index (κ3) is 1.93. The highest BCUT2D eigenvalue weighted by atomic mass is 19.1. The molecule has 3 nitrogen and oxygen atoms in total. The molecule has 1 aliphatic rings. The molecular formula is C12H14FNO2. The van der Waals surface area contributed by atoms with Crippen LogP contribution in [-0.4, -0.2) is 23.2 Å². The van der Waals surface area contributed by atoms with Crippen LogP contribution in [-0.2, 0) is 0 Å². The van der Waals surface area contributed by atoms with E-state index in [9.17, 15) is 14.3 Å². The first-order valence-corrected chi connectivity index (χ1v) is 5.35. The van der Waals surface area contributed by atoms with Gasteiger partial charge in [-0.3, -0.25) is 4.79 Å². The van der Waals surface area contributed by atoms with Gasteiger partial charge in [0.05, 0.1) is 17.7 Å². The number of aliphatic hydroxyl groups excluding tert-OH is 1. The molecule has 0 heterocycles. The molecule has 1 fully saturated rings. The lowest BCUT2D eigenvalue weighted by atomic mass is 9.77. The fraction of sp³-hybridized carbons (Fsp3) is 0.417. The average molecular weight is 223 g/mol. The van der Waals surface area contributed by atoms with E-state index in [0.29, 0.717) is 0 Å². The first-order valence-electron chi connectivity index (χ1n) is 5.35. The predicted molar refractivity (Wildman–Crippen MR) is 57.5 cm³/mol. The van der Waals surface area contributed by atoms with E-state index in [1.54, 1.807) is 6.07 Å². The molecule has 0 spiro atoms. The van der Waals surface area contributed by atoms with Gasteiger partial charge in [-0.05, 0) is 31.4 Å². The highest BCUT2D eigenvalue weighted by molar-refractivity contribution is 5.95. The number of benzene rings is 1. The molecule has 1 aromatic carbocycles. The number of amides is 1. The Kier molecular flexibility index (Phi) is 2.92. The first kappa shape index (κ1) is 11.1. The van der Waals surface area contributed by atoms with Crippen molar-refractivity contribution >= 4 is 5.91 Å². The number of carbonyl (C=O) groups is 1. The molecule has 0 aromatic heterocycles. The van der Waals surface area contributed by atoms with E-state index in [2.05, 4.69) is 5.32 Å². The second kappa shape index (κ2) is 4.22. The standard InChI is InChI=1S/C12H14FNO2/c13-10-5-2-1-4-9(10)11(16)14-12(8-15)6-3-7-12/h1-2,4-5,15H,3,6-8H2,(H,14,16). The number of halogens is 1. The molecule has 86 valence electrons. The SMILES string of the molecule is O=C(NC1(CO)CCC1)c1ccccc1F. The summed E-state index contributed by atoms with van der Waals surface area (Å²) in [5.41, 5.74) is -0.499. The first-order chi connectivity index (χ1) is 7.67. The van der Waals surface area contributed by atoms with Crippen molar-refractivity contribution in [1.82, 2.24) is 5.32 Å². The molecule has 1 aromatic rings. The van der Waals surface area contributed by atoms with Gasteiger partial charge < -0.3 is 10.4 Å². The van der Waals surface area contributed by atoms with Crippen molar-refractivity contribution < 1.29 is 14.3 Å². The van der Waals surface area contributed by atoms with Gasteiger partial charge >= 0.3 is 0 Å². The quantitative estimate of drug-likeness (QED) is 0.815. The van der Waals surface area contributed by atoms with Crippen molar-refractivity contribution in [1.29, 1.82) is 0 Å². The summed E-state index contributed by atoms with van der Waals surface area (Å²) < 4.78 is 13.3. The molecule has 0 atom stereocenters. The zero-order valence-corrected chi connectivity index (χ0v) is 8.87. The fourth-order valence-electron chi connectivity index (χ4n) is 1.88. The van der Waals surface area contributed by atoms with Gasteiger partial charge in [0.15, 0.2) is 0 Å². The van der Waals surface area contributed by atoms with Crippen molar-refractivity contribution in [2.75, 3.05) is 6.61 Å². The summed E-state index contributed by atoms with van der Waals surface area (Å²) in [5, 5.41) is 11.9. The number of carbonyl (C=O) groups excluding carboxylic acids is 1. The van der Waals surface area contributed by atoms with E-state index in [0.717, 1.165) is 19.3 Å². The molecule has 4 heteroatoms. The maximum Gasteiger partial charge on any atom is 0.254 e. The van der Waals surface area contributed by atoms with Gasteiger partial charge in [0.2, 0.25) is 0 Å². The molecule has 0 radical (unpaired) electrons. The largest absolute Gasteiger partial charge is 0.394 e. The van der Waals surface area contributed by atoms with Crippen molar-refractivity contribution in [2.45, 2.75) is 24.8 Å². The van der Waals surface area contributed by atoms with E-state index in [-0.39, 0.29) is 12.2 Å². The number of aliphatic hydroxyl groups is 1. The Morgan fingerprint density at radius 1 is 1.44 bits per heavy atom. The van der Waals surface area contributed by atoms with Gasteiger partial charge in [-0.1, -0.05) is 12.1 Å². The minimum Gasteiger partial charge on any atom is -0.394 e. The monoisotopic (exact) mass is 223 g/mol.